The molecule has 1 atom stereocenters. The highest BCUT2D eigenvalue weighted by molar-refractivity contribution is 6.34. The molecule has 196 valence electrons. The van der Waals surface area contributed by atoms with E-state index in [4.69, 9.17) is 23.2 Å². The van der Waals surface area contributed by atoms with Crippen LogP contribution >= 0.6 is 23.2 Å². The van der Waals surface area contributed by atoms with Crippen LogP contribution in [0.15, 0.2) is 60.7 Å². The molecule has 0 radical (unpaired) electrons. The monoisotopic (exact) mass is 566 g/mol. The van der Waals surface area contributed by atoms with Crippen molar-refractivity contribution in [2.75, 3.05) is 10.6 Å². The zero-order chi connectivity index (χ0) is 27.5. The summed E-state index contributed by atoms with van der Waals surface area (Å²) in [6.45, 7) is 0. The Kier molecular flexibility index (Phi) is 8.38. The molecular weight excluding hydrogens is 552 g/mol. The molecule has 2 N–H and O–H groups in total. The van der Waals surface area contributed by atoms with Crippen LogP contribution in [-0.2, 0) is 11.0 Å². The number of amides is 2. The number of anilines is 2. The molecule has 0 aliphatic rings. The van der Waals surface area contributed by atoms with Crippen molar-refractivity contribution in [3.05, 3.63) is 93.2 Å². The minimum atomic E-state index is -5.03. The summed E-state index contributed by atoms with van der Waals surface area (Å²) < 4.78 is 93.8. The first-order valence-corrected chi connectivity index (χ1v) is 11.0. The SMILES string of the molecule is O=C(CC(c1cccc(C(F)(F)F)c1)C(F)(F)F)Nc1ccc(Cl)c(C(=O)Nc2ccc(Cl)cc2F)c1. The van der Waals surface area contributed by atoms with E-state index in [1.54, 1.807) is 0 Å². The lowest BCUT2D eigenvalue weighted by atomic mass is 9.93. The van der Waals surface area contributed by atoms with Gasteiger partial charge in [0.1, 0.15) is 5.82 Å². The number of benzene rings is 3. The van der Waals surface area contributed by atoms with E-state index in [2.05, 4.69) is 10.6 Å². The second-order valence-electron chi connectivity index (χ2n) is 7.74. The van der Waals surface area contributed by atoms with Crippen molar-refractivity contribution in [3.8, 4) is 0 Å². The fraction of sp³-hybridized carbons (Fsp3) is 0.167. The van der Waals surface area contributed by atoms with Gasteiger partial charge >= 0.3 is 12.4 Å². The highest BCUT2D eigenvalue weighted by Crippen LogP contribution is 2.40. The molecule has 3 aromatic rings. The van der Waals surface area contributed by atoms with Crippen molar-refractivity contribution < 1.29 is 40.3 Å². The molecule has 0 saturated carbocycles. The smallest absolute Gasteiger partial charge is 0.326 e. The molecular formula is C24H15Cl2F7N2O2. The third kappa shape index (κ3) is 7.36. The number of carbonyl (C=O) groups is 2. The molecule has 0 spiro atoms. The summed E-state index contributed by atoms with van der Waals surface area (Å²) in [6.07, 6.45) is -11.1. The van der Waals surface area contributed by atoms with E-state index in [0.29, 0.717) is 12.1 Å². The first-order chi connectivity index (χ1) is 17.1. The third-order valence-corrected chi connectivity index (χ3v) is 5.64. The summed E-state index contributed by atoms with van der Waals surface area (Å²) in [4.78, 5) is 25.0. The van der Waals surface area contributed by atoms with Crippen molar-refractivity contribution in [2.45, 2.75) is 24.7 Å². The van der Waals surface area contributed by atoms with E-state index in [0.717, 1.165) is 24.3 Å². The number of hydrogen-bond acceptors (Lipinski definition) is 2. The van der Waals surface area contributed by atoms with Gasteiger partial charge in [0.25, 0.3) is 5.91 Å². The second kappa shape index (κ2) is 11.0. The molecule has 0 fully saturated rings. The predicted octanol–water partition coefficient (Wildman–Crippen LogP) is 8.08. The molecule has 0 saturated heterocycles. The quantitative estimate of drug-likeness (QED) is 0.296. The molecule has 0 aromatic heterocycles. The maximum atomic E-state index is 14.0. The van der Waals surface area contributed by atoms with E-state index in [-0.39, 0.29) is 27.0 Å². The lowest BCUT2D eigenvalue weighted by Gasteiger charge is -2.21. The van der Waals surface area contributed by atoms with Crippen molar-refractivity contribution in [1.29, 1.82) is 0 Å². The van der Waals surface area contributed by atoms with Crippen molar-refractivity contribution in [3.63, 3.8) is 0 Å². The maximum Gasteiger partial charge on any atom is 0.416 e. The highest BCUT2D eigenvalue weighted by atomic mass is 35.5. The van der Waals surface area contributed by atoms with Crippen LogP contribution in [0, 0.1) is 5.82 Å². The second-order valence-corrected chi connectivity index (χ2v) is 8.59. The van der Waals surface area contributed by atoms with Gasteiger partial charge in [-0.1, -0.05) is 41.4 Å². The molecule has 0 aliphatic carbocycles. The Hall–Kier alpha value is -3.31. The largest absolute Gasteiger partial charge is 0.416 e. The van der Waals surface area contributed by atoms with E-state index < -0.39 is 53.4 Å². The van der Waals surface area contributed by atoms with Crippen LogP contribution in [-0.4, -0.2) is 18.0 Å². The Morgan fingerprint density at radius 1 is 0.865 bits per heavy atom. The summed E-state index contributed by atoms with van der Waals surface area (Å²) in [5.41, 5.74) is -2.61. The summed E-state index contributed by atoms with van der Waals surface area (Å²) in [6, 6.07) is 9.53. The van der Waals surface area contributed by atoms with Gasteiger partial charge < -0.3 is 10.6 Å². The fourth-order valence-corrected chi connectivity index (χ4v) is 3.67. The number of rotatable bonds is 6. The van der Waals surface area contributed by atoms with Crippen molar-refractivity contribution in [1.82, 2.24) is 0 Å². The lowest BCUT2D eigenvalue weighted by Crippen LogP contribution is -2.26. The van der Waals surface area contributed by atoms with E-state index in [9.17, 15) is 40.3 Å². The van der Waals surface area contributed by atoms with Crippen LogP contribution in [0.4, 0.5) is 42.1 Å². The average molecular weight is 567 g/mol. The molecule has 37 heavy (non-hydrogen) atoms. The Morgan fingerprint density at radius 3 is 2.19 bits per heavy atom. The van der Waals surface area contributed by atoms with Gasteiger partial charge in [0.05, 0.1) is 27.8 Å². The highest BCUT2D eigenvalue weighted by Gasteiger charge is 2.43. The predicted molar refractivity (Wildman–Crippen MR) is 124 cm³/mol. The van der Waals surface area contributed by atoms with Gasteiger partial charge in [0.2, 0.25) is 5.91 Å². The number of alkyl halides is 6. The minimum Gasteiger partial charge on any atom is -0.326 e. The molecule has 1 unspecified atom stereocenters. The maximum absolute atomic E-state index is 14.0. The Balaban J connectivity index is 1.79. The molecule has 0 heterocycles. The Bertz CT molecular complexity index is 1330. The molecule has 4 nitrogen and oxygen atoms in total. The van der Waals surface area contributed by atoms with Crippen LogP contribution in [0.3, 0.4) is 0 Å². The first kappa shape index (κ1) is 28.3. The summed E-state index contributed by atoms with van der Waals surface area (Å²) in [5, 5.41) is 4.40. The molecule has 3 rings (SSSR count). The first-order valence-electron chi connectivity index (χ1n) is 10.2. The summed E-state index contributed by atoms with van der Waals surface area (Å²) in [7, 11) is 0. The Morgan fingerprint density at radius 2 is 1.57 bits per heavy atom. The van der Waals surface area contributed by atoms with Gasteiger partial charge in [-0.3, -0.25) is 9.59 Å². The third-order valence-electron chi connectivity index (χ3n) is 5.08. The number of nitrogens with one attached hydrogen (secondary N) is 2. The van der Waals surface area contributed by atoms with Crippen LogP contribution in [0.1, 0.15) is 33.8 Å². The van der Waals surface area contributed by atoms with Gasteiger partial charge in [-0.05, 0) is 48.0 Å². The minimum absolute atomic E-state index is 0.0838. The summed E-state index contributed by atoms with van der Waals surface area (Å²) in [5.74, 6) is -5.44. The standard InChI is InChI=1S/C24H15Cl2F7N2O2/c25-14-4-7-20(19(27)9-14)35-22(37)16-10-15(5-6-18(16)26)34-21(36)11-17(24(31,32)33)12-2-1-3-13(8-12)23(28,29)30/h1-10,17H,11H2,(H,34,36)(H,35,37). The number of halogens is 9. The Labute approximate surface area is 215 Å². The van der Waals surface area contributed by atoms with Crippen LogP contribution < -0.4 is 10.6 Å². The zero-order valence-electron chi connectivity index (χ0n) is 18.3. The van der Waals surface area contributed by atoms with Gasteiger partial charge in [-0.2, -0.15) is 26.3 Å². The van der Waals surface area contributed by atoms with Crippen molar-refractivity contribution in [2.24, 2.45) is 0 Å². The molecule has 3 aromatic carbocycles. The van der Waals surface area contributed by atoms with Gasteiger partial charge in [0.15, 0.2) is 0 Å². The molecule has 13 heteroatoms. The van der Waals surface area contributed by atoms with Crippen LogP contribution in [0.2, 0.25) is 10.0 Å². The molecule has 0 aliphatic heterocycles. The topological polar surface area (TPSA) is 58.2 Å². The molecule has 2 amide bonds. The van der Waals surface area contributed by atoms with E-state index in [1.165, 1.54) is 24.3 Å². The normalized spacial score (nSPS) is 12.7. The number of hydrogen-bond donors (Lipinski definition) is 2. The molecule has 0 bridgehead atoms. The van der Waals surface area contributed by atoms with E-state index in [1.807, 2.05) is 0 Å². The fourth-order valence-electron chi connectivity index (χ4n) is 3.31. The van der Waals surface area contributed by atoms with Crippen molar-refractivity contribution >= 4 is 46.4 Å². The van der Waals surface area contributed by atoms with E-state index >= 15 is 0 Å². The van der Waals surface area contributed by atoms with Crippen LogP contribution in [0.25, 0.3) is 0 Å². The zero-order valence-corrected chi connectivity index (χ0v) is 19.8. The summed E-state index contributed by atoms with van der Waals surface area (Å²) >= 11 is 11.7. The number of carbonyl (C=O) groups excluding carboxylic acids is 2. The average Bonchev–Trinajstić information content (AvgIpc) is 2.79. The van der Waals surface area contributed by atoms with Gasteiger partial charge in [-0.25, -0.2) is 4.39 Å². The van der Waals surface area contributed by atoms with Gasteiger partial charge in [0, 0.05) is 17.1 Å². The van der Waals surface area contributed by atoms with Gasteiger partial charge in [-0.15, -0.1) is 0 Å². The van der Waals surface area contributed by atoms with Crippen LogP contribution in [0.5, 0.6) is 0 Å². The lowest BCUT2D eigenvalue weighted by molar-refractivity contribution is -0.156.